The lowest BCUT2D eigenvalue weighted by Gasteiger charge is -2.38. The minimum absolute atomic E-state index is 0.0374. The van der Waals surface area contributed by atoms with Crippen molar-refractivity contribution in [2.75, 3.05) is 20.7 Å². The standard InChI is InChI=1S/C15H21BrN2O3/c1-15(2)7-9(5-6-17-3)18-8-10(16)12(19)13(21-4)11(18)14(15)20/h8-9,17H,5-7H2,1-4H3/t9-/m1/s1. The number of nitrogens with one attached hydrogen (secondary N) is 1. The quantitative estimate of drug-likeness (QED) is 0.899. The van der Waals surface area contributed by atoms with Crippen LogP contribution < -0.4 is 15.5 Å². The van der Waals surface area contributed by atoms with Crippen molar-refractivity contribution in [1.29, 1.82) is 0 Å². The molecule has 1 aromatic heterocycles. The van der Waals surface area contributed by atoms with Crippen LogP contribution >= 0.6 is 15.9 Å². The van der Waals surface area contributed by atoms with Gasteiger partial charge in [0, 0.05) is 17.7 Å². The topological polar surface area (TPSA) is 60.3 Å². The van der Waals surface area contributed by atoms with Gasteiger partial charge in [-0.2, -0.15) is 0 Å². The lowest BCUT2D eigenvalue weighted by molar-refractivity contribution is 0.0731. The van der Waals surface area contributed by atoms with Gasteiger partial charge in [-0.05, 0) is 42.4 Å². The maximum absolute atomic E-state index is 12.7. The van der Waals surface area contributed by atoms with E-state index < -0.39 is 5.41 Å². The van der Waals surface area contributed by atoms with Crippen molar-refractivity contribution in [3.63, 3.8) is 0 Å². The summed E-state index contributed by atoms with van der Waals surface area (Å²) >= 11 is 3.27. The van der Waals surface area contributed by atoms with Crippen molar-refractivity contribution in [2.24, 2.45) is 5.41 Å². The number of carbonyl (C=O) groups is 1. The molecule has 0 unspecified atom stereocenters. The molecule has 0 spiro atoms. The van der Waals surface area contributed by atoms with Crippen LogP contribution in [-0.2, 0) is 0 Å². The highest BCUT2D eigenvalue weighted by molar-refractivity contribution is 9.10. The normalized spacial score (nSPS) is 20.2. The van der Waals surface area contributed by atoms with Crippen molar-refractivity contribution in [3.8, 4) is 5.75 Å². The Morgan fingerprint density at radius 3 is 2.71 bits per heavy atom. The van der Waals surface area contributed by atoms with E-state index in [1.807, 2.05) is 25.5 Å². The maximum atomic E-state index is 12.7. The first-order chi connectivity index (χ1) is 9.83. The SMILES string of the molecule is CNCC[C@@H]1CC(C)(C)C(=O)c2c(OC)c(=O)c(Br)cn21. The second-order valence-corrected chi connectivity index (χ2v) is 6.91. The van der Waals surface area contributed by atoms with Gasteiger partial charge in [0.25, 0.3) is 0 Å². The molecule has 0 aliphatic carbocycles. The van der Waals surface area contributed by atoms with Crippen LogP contribution in [-0.4, -0.2) is 31.1 Å². The second-order valence-electron chi connectivity index (χ2n) is 6.06. The highest BCUT2D eigenvalue weighted by Gasteiger charge is 2.41. The van der Waals surface area contributed by atoms with E-state index in [1.54, 1.807) is 6.20 Å². The van der Waals surface area contributed by atoms with E-state index in [0.29, 0.717) is 10.2 Å². The summed E-state index contributed by atoms with van der Waals surface area (Å²) in [6, 6.07) is 0.158. The first-order valence-corrected chi connectivity index (χ1v) is 7.80. The molecule has 2 rings (SSSR count). The number of hydrogen-bond donors (Lipinski definition) is 1. The second kappa shape index (κ2) is 5.93. The van der Waals surface area contributed by atoms with Crippen molar-refractivity contribution in [3.05, 3.63) is 26.6 Å². The van der Waals surface area contributed by atoms with Crippen LogP contribution in [0.25, 0.3) is 0 Å². The Morgan fingerprint density at radius 2 is 2.14 bits per heavy atom. The third-order valence-corrected chi connectivity index (χ3v) is 4.61. The largest absolute Gasteiger partial charge is 0.491 e. The smallest absolute Gasteiger partial charge is 0.238 e. The molecule has 0 amide bonds. The summed E-state index contributed by atoms with van der Waals surface area (Å²) in [5.41, 5.74) is -0.378. The molecule has 2 heterocycles. The van der Waals surface area contributed by atoms with Gasteiger partial charge in [-0.25, -0.2) is 0 Å². The number of ether oxygens (including phenoxy) is 1. The van der Waals surface area contributed by atoms with E-state index in [4.69, 9.17) is 4.74 Å². The predicted molar refractivity (Wildman–Crippen MR) is 85.3 cm³/mol. The van der Waals surface area contributed by atoms with Gasteiger partial charge in [0.1, 0.15) is 5.69 Å². The van der Waals surface area contributed by atoms with Crippen LogP contribution in [0, 0.1) is 5.41 Å². The monoisotopic (exact) mass is 356 g/mol. The molecular formula is C15H21BrN2O3. The number of nitrogens with zero attached hydrogens (tertiary/aromatic N) is 1. The van der Waals surface area contributed by atoms with Gasteiger partial charge in [0.2, 0.25) is 5.43 Å². The molecule has 0 saturated carbocycles. The summed E-state index contributed by atoms with van der Waals surface area (Å²) in [4.78, 5) is 24.9. The number of hydrogen-bond acceptors (Lipinski definition) is 4. The molecule has 1 atom stereocenters. The van der Waals surface area contributed by atoms with Crippen LogP contribution in [0.5, 0.6) is 5.75 Å². The Hall–Kier alpha value is -1.14. The van der Waals surface area contributed by atoms with Gasteiger partial charge >= 0.3 is 0 Å². The summed E-state index contributed by atoms with van der Waals surface area (Å²) in [5.74, 6) is 0.0984. The van der Waals surface area contributed by atoms with Crippen LogP contribution in [0.3, 0.4) is 0 Å². The Bertz CT molecular complexity index is 622. The summed E-state index contributed by atoms with van der Waals surface area (Å²) in [7, 11) is 3.34. The molecule has 1 aliphatic heterocycles. The van der Waals surface area contributed by atoms with Gasteiger partial charge in [-0.15, -0.1) is 0 Å². The summed E-state index contributed by atoms with van der Waals surface area (Å²) < 4.78 is 7.56. The van der Waals surface area contributed by atoms with Gasteiger partial charge in [-0.1, -0.05) is 13.8 Å². The molecule has 1 aromatic rings. The molecule has 116 valence electrons. The number of Topliss-reactive ketones (excluding diaryl/α,β-unsaturated/α-hetero) is 1. The first-order valence-electron chi connectivity index (χ1n) is 7.01. The number of rotatable bonds is 4. The van der Waals surface area contributed by atoms with Gasteiger partial charge < -0.3 is 14.6 Å². The van der Waals surface area contributed by atoms with E-state index in [0.717, 1.165) is 19.4 Å². The van der Waals surface area contributed by atoms with E-state index in [9.17, 15) is 9.59 Å². The van der Waals surface area contributed by atoms with E-state index in [2.05, 4.69) is 21.2 Å². The average molecular weight is 357 g/mol. The third kappa shape index (κ3) is 2.79. The summed E-state index contributed by atoms with van der Waals surface area (Å²) in [5, 5.41) is 3.14. The Labute approximate surface area is 132 Å². The fraction of sp³-hybridized carbons (Fsp3) is 0.600. The molecule has 6 heteroatoms. The number of halogens is 1. The minimum atomic E-state index is -0.494. The van der Waals surface area contributed by atoms with Crippen molar-refractivity contribution in [2.45, 2.75) is 32.7 Å². The zero-order valence-electron chi connectivity index (χ0n) is 12.8. The molecule has 0 saturated heterocycles. The lowest BCUT2D eigenvalue weighted by atomic mass is 9.76. The molecular weight excluding hydrogens is 336 g/mol. The Balaban J connectivity index is 2.66. The van der Waals surface area contributed by atoms with E-state index >= 15 is 0 Å². The number of fused-ring (bicyclic) bond motifs is 1. The van der Waals surface area contributed by atoms with Gasteiger partial charge in [0.15, 0.2) is 11.5 Å². The molecule has 0 fully saturated rings. The average Bonchev–Trinajstić information content (AvgIpc) is 2.43. The molecule has 5 nitrogen and oxygen atoms in total. The van der Waals surface area contributed by atoms with Crippen molar-refractivity contribution in [1.82, 2.24) is 9.88 Å². The molecule has 1 aliphatic rings. The molecule has 0 aromatic carbocycles. The maximum Gasteiger partial charge on any atom is 0.238 e. The van der Waals surface area contributed by atoms with Crippen molar-refractivity contribution < 1.29 is 9.53 Å². The van der Waals surface area contributed by atoms with Gasteiger partial charge in [-0.3, -0.25) is 9.59 Å². The zero-order valence-corrected chi connectivity index (χ0v) is 14.4. The Morgan fingerprint density at radius 1 is 1.48 bits per heavy atom. The number of carbonyl (C=O) groups excluding carboxylic acids is 1. The lowest BCUT2D eigenvalue weighted by Crippen LogP contribution is -2.39. The minimum Gasteiger partial charge on any atom is -0.491 e. The van der Waals surface area contributed by atoms with E-state index in [-0.39, 0.29) is 23.0 Å². The van der Waals surface area contributed by atoms with E-state index in [1.165, 1.54) is 7.11 Å². The Kier molecular flexibility index (Phi) is 4.58. The number of pyridine rings is 1. The summed E-state index contributed by atoms with van der Waals surface area (Å²) in [6.45, 7) is 4.70. The van der Waals surface area contributed by atoms with Crippen LogP contribution in [0.2, 0.25) is 0 Å². The zero-order chi connectivity index (χ0) is 15.8. The highest BCUT2D eigenvalue weighted by Crippen LogP contribution is 2.41. The first kappa shape index (κ1) is 16.2. The molecule has 0 bridgehead atoms. The molecule has 21 heavy (non-hydrogen) atoms. The van der Waals surface area contributed by atoms with Gasteiger partial charge in [0.05, 0.1) is 11.6 Å². The molecule has 1 N–H and O–H groups in total. The fourth-order valence-corrected chi connectivity index (χ4v) is 3.33. The van der Waals surface area contributed by atoms with Crippen LogP contribution in [0.4, 0.5) is 0 Å². The predicted octanol–water partition coefficient (Wildman–Crippen LogP) is 2.38. The number of aromatic nitrogens is 1. The van der Waals surface area contributed by atoms with Crippen LogP contribution in [0.1, 0.15) is 43.2 Å². The fourth-order valence-electron chi connectivity index (χ4n) is 2.93. The number of ketones is 1. The third-order valence-electron chi connectivity index (χ3n) is 4.05. The number of methoxy groups -OCH3 is 1. The van der Waals surface area contributed by atoms with Crippen molar-refractivity contribution >= 4 is 21.7 Å². The van der Waals surface area contributed by atoms with Crippen LogP contribution in [0.15, 0.2) is 15.5 Å². The highest BCUT2D eigenvalue weighted by atomic mass is 79.9. The summed E-state index contributed by atoms with van der Waals surface area (Å²) in [6.07, 6.45) is 3.35. The molecule has 0 radical (unpaired) electrons.